The zero-order valence-corrected chi connectivity index (χ0v) is 17.0. The molecular weight excluding hydrogens is 364 g/mol. The first-order valence-electron chi connectivity index (χ1n) is 10.2. The van der Waals surface area contributed by atoms with Gasteiger partial charge < -0.3 is 14.8 Å². The number of para-hydroxylation sites is 2. The van der Waals surface area contributed by atoms with Gasteiger partial charge in [0.2, 0.25) is 0 Å². The minimum Gasteiger partial charge on any atom is -0.493 e. The van der Waals surface area contributed by atoms with Crippen LogP contribution in [0, 0.1) is 5.92 Å². The van der Waals surface area contributed by atoms with Gasteiger partial charge in [-0.1, -0.05) is 54.6 Å². The number of carbonyl (C=O) groups is 1. The van der Waals surface area contributed by atoms with Gasteiger partial charge in [-0.15, -0.1) is 0 Å². The molecule has 3 rings (SSSR count). The molecule has 5 heteroatoms. The summed E-state index contributed by atoms with van der Waals surface area (Å²) in [5.41, 5.74) is 1.23. The predicted molar refractivity (Wildman–Crippen MR) is 116 cm³/mol. The van der Waals surface area contributed by atoms with Crippen molar-refractivity contribution in [3.05, 3.63) is 66.2 Å². The minimum atomic E-state index is -0.1000. The van der Waals surface area contributed by atoms with Crippen LogP contribution in [0.15, 0.2) is 60.7 Å². The lowest BCUT2D eigenvalue weighted by Gasteiger charge is -2.32. The van der Waals surface area contributed by atoms with Crippen LogP contribution < -0.4 is 14.8 Å². The quantitative estimate of drug-likeness (QED) is 0.706. The van der Waals surface area contributed by atoms with Gasteiger partial charge in [-0.25, -0.2) is 0 Å². The van der Waals surface area contributed by atoms with Gasteiger partial charge in [-0.3, -0.25) is 9.69 Å². The Morgan fingerprint density at radius 2 is 1.90 bits per heavy atom. The number of amides is 1. The molecule has 29 heavy (non-hydrogen) atoms. The van der Waals surface area contributed by atoms with Crippen LogP contribution in [0.25, 0.3) is 6.08 Å². The maximum atomic E-state index is 12.2. The fraction of sp³-hybridized carbons (Fsp3) is 0.375. The van der Waals surface area contributed by atoms with Crippen LogP contribution >= 0.6 is 0 Å². The number of carbonyl (C=O) groups excluding carboxylic acids is 1. The third-order valence-corrected chi connectivity index (χ3v) is 5.09. The highest BCUT2D eigenvalue weighted by Gasteiger charge is 2.19. The predicted octanol–water partition coefficient (Wildman–Crippen LogP) is 3.62. The number of hydrogen-bond donors (Lipinski definition) is 1. The van der Waals surface area contributed by atoms with Crippen molar-refractivity contribution >= 4 is 12.0 Å². The summed E-state index contributed by atoms with van der Waals surface area (Å²) in [7, 11) is 1.59. The Morgan fingerprint density at radius 3 is 2.69 bits per heavy atom. The van der Waals surface area contributed by atoms with Crippen LogP contribution in [0.4, 0.5) is 0 Å². The number of hydrogen-bond acceptors (Lipinski definition) is 4. The first-order valence-corrected chi connectivity index (χ1v) is 10.2. The molecule has 0 aliphatic carbocycles. The van der Waals surface area contributed by atoms with E-state index in [0.29, 0.717) is 24.0 Å². The van der Waals surface area contributed by atoms with E-state index in [-0.39, 0.29) is 12.5 Å². The lowest BCUT2D eigenvalue weighted by atomic mass is 9.98. The number of rotatable bonds is 9. The van der Waals surface area contributed by atoms with E-state index < -0.39 is 0 Å². The number of nitrogens with zero attached hydrogens (tertiary/aromatic N) is 1. The molecule has 0 aromatic heterocycles. The van der Waals surface area contributed by atoms with Gasteiger partial charge >= 0.3 is 0 Å². The molecule has 0 spiro atoms. The zero-order valence-electron chi connectivity index (χ0n) is 17.0. The molecule has 0 bridgehead atoms. The zero-order chi connectivity index (χ0) is 20.3. The van der Waals surface area contributed by atoms with Crippen LogP contribution in [-0.2, 0) is 4.79 Å². The van der Waals surface area contributed by atoms with Crippen molar-refractivity contribution in [1.29, 1.82) is 0 Å². The number of nitrogens with one attached hydrogen (secondary N) is 1. The van der Waals surface area contributed by atoms with Crippen molar-refractivity contribution in [1.82, 2.24) is 10.2 Å². The molecule has 1 N–H and O–H groups in total. The van der Waals surface area contributed by atoms with Gasteiger partial charge in [-0.05, 0) is 43.0 Å². The fourth-order valence-electron chi connectivity index (χ4n) is 3.58. The molecule has 2 aromatic rings. The summed E-state index contributed by atoms with van der Waals surface area (Å²) in [5.74, 6) is 1.59. The highest BCUT2D eigenvalue weighted by molar-refractivity contribution is 5.77. The summed E-state index contributed by atoms with van der Waals surface area (Å²) in [4.78, 5) is 14.6. The third-order valence-electron chi connectivity index (χ3n) is 5.09. The number of ether oxygens (including phenoxy) is 2. The van der Waals surface area contributed by atoms with Crippen molar-refractivity contribution < 1.29 is 14.3 Å². The lowest BCUT2D eigenvalue weighted by molar-refractivity contribution is -0.123. The van der Waals surface area contributed by atoms with Gasteiger partial charge in [0.1, 0.15) is 0 Å². The van der Waals surface area contributed by atoms with E-state index in [4.69, 9.17) is 9.47 Å². The Hall–Kier alpha value is -2.79. The van der Waals surface area contributed by atoms with Crippen LogP contribution in [-0.4, -0.2) is 50.7 Å². The summed E-state index contributed by atoms with van der Waals surface area (Å²) < 4.78 is 10.8. The van der Waals surface area contributed by atoms with Gasteiger partial charge in [0.25, 0.3) is 5.91 Å². The summed E-state index contributed by atoms with van der Waals surface area (Å²) in [5, 5.41) is 3.01. The van der Waals surface area contributed by atoms with E-state index in [1.165, 1.54) is 5.56 Å². The third kappa shape index (κ3) is 6.95. The normalized spacial score (nSPS) is 17.2. The molecule has 154 valence electrons. The Kier molecular flexibility index (Phi) is 8.13. The summed E-state index contributed by atoms with van der Waals surface area (Å²) in [6, 6.07) is 17.7. The SMILES string of the molecule is COc1ccccc1OCC(=O)NC[C@H]1CCCN(C/C=C/c2ccccc2)C1. The van der Waals surface area contributed by atoms with Crippen LogP contribution in [0.3, 0.4) is 0 Å². The number of methoxy groups -OCH3 is 1. The maximum absolute atomic E-state index is 12.2. The first-order chi connectivity index (χ1) is 14.2. The average Bonchev–Trinajstić information content (AvgIpc) is 2.77. The molecule has 0 saturated carbocycles. The largest absolute Gasteiger partial charge is 0.493 e. The minimum absolute atomic E-state index is 0.00335. The smallest absolute Gasteiger partial charge is 0.257 e. The topological polar surface area (TPSA) is 50.8 Å². The highest BCUT2D eigenvalue weighted by Crippen LogP contribution is 2.25. The molecule has 0 radical (unpaired) electrons. The maximum Gasteiger partial charge on any atom is 0.257 e. The molecular formula is C24H30N2O3. The molecule has 1 atom stereocenters. The number of piperidine rings is 1. The van der Waals surface area contributed by atoms with E-state index in [0.717, 1.165) is 32.5 Å². The second-order valence-corrected chi connectivity index (χ2v) is 7.32. The summed E-state index contributed by atoms with van der Waals surface area (Å²) in [6.07, 6.45) is 6.70. The monoisotopic (exact) mass is 394 g/mol. The Labute approximate surface area is 173 Å². The molecule has 0 unspecified atom stereocenters. The van der Waals surface area contributed by atoms with Crippen molar-refractivity contribution in [3.63, 3.8) is 0 Å². The van der Waals surface area contributed by atoms with Crippen molar-refractivity contribution in [3.8, 4) is 11.5 Å². The molecule has 1 amide bonds. The van der Waals surface area contributed by atoms with Crippen molar-refractivity contribution in [2.24, 2.45) is 5.92 Å². The molecule has 1 saturated heterocycles. The lowest BCUT2D eigenvalue weighted by Crippen LogP contribution is -2.41. The first kappa shape index (κ1) is 20.9. The van der Waals surface area contributed by atoms with Gasteiger partial charge in [-0.2, -0.15) is 0 Å². The van der Waals surface area contributed by atoms with Gasteiger partial charge in [0, 0.05) is 19.6 Å². The molecule has 1 aliphatic heterocycles. The number of likely N-dealkylation sites (tertiary alicyclic amines) is 1. The van der Waals surface area contributed by atoms with Crippen LogP contribution in [0.5, 0.6) is 11.5 Å². The molecule has 2 aromatic carbocycles. The Balaban J connectivity index is 1.37. The van der Waals surface area contributed by atoms with Gasteiger partial charge in [0.05, 0.1) is 7.11 Å². The van der Waals surface area contributed by atoms with E-state index in [9.17, 15) is 4.79 Å². The van der Waals surface area contributed by atoms with Crippen LogP contribution in [0.1, 0.15) is 18.4 Å². The van der Waals surface area contributed by atoms with E-state index >= 15 is 0 Å². The van der Waals surface area contributed by atoms with E-state index in [1.807, 2.05) is 24.3 Å². The molecule has 1 aliphatic rings. The number of benzene rings is 2. The highest BCUT2D eigenvalue weighted by atomic mass is 16.5. The second-order valence-electron chi connectivity index (χ2n) is 7.32. The van der Waals surface area contributed by atoms with E-state index in [2.05, 4.69) is 46.6 Å². The summed E-state index contributed by atoms with van der Waals surface area (Å²) in [6.45, 7) is 3.74. The standard InChI is InChI=1S/C24H30N2O3/c1-28-22-13-5-6-14-23(22)29-19-24(27)25-17-21-12-8-16-26(18-21)15-7-11-20-9-3-2-4-10-20/h2-7,9-11,13-14,21H,8,12,15-19H2,1H3,(H,25,27)/b11-7+/t21-/m1/s1. The Morgan fingerprint density at radius 1 is 1.14 bits per heavy atom. The molecule has 1 heterocycles. The Bertz CT molecular complexity index is 792. The van der Waals surface area contributed by atoms with Gasteiger partial charge in [0.15, 0.2) is 18.1 Å². The molecule has 5 nitrogen and oxygen atoms in total. The molecule has 1 fully saturated rings. The van der Waals surface area contributed by atoms with Crippen molar-refractivity contribution in [2.45, 2.75) is 12.8 Å². The van der Waals surface area contributed by atoms with Crippen LogP contribution in [0.2, 0.25) is 0 Å². The average molecular weight is 395 g/mol. The van der Waals surface area contributed by atoms with Crippen molar-refractivity contribution in [2.75, 3.05) is 39.9 Å². The second kappa shape index (κ2) is 11.3. The fourth-order valence-corrected chi connectivity index (χ4v) is 3.58. The van der Waals surface area contributed by atoms with E-state index in [1.54, 1.807) is 13.2 Å². The summed E-state index contributed by atoms with van der Waals surface area (Å²) >= 11 is 0.